The molecule has 4 aromatic rings. The van der Waals surface area contributed by atoms with E-state index in [9.17, 15) is 9.59 Å². The van der Waals surface area contributed by atoms with E-state index in [2.05, 4.69) is 17.4 Å². The van der Waals surface area contributed by atoms with E-state index in [-0.39, 0.29) is 17.8 Å². The van der Waals surface area contributed by atoms with Crippen molar-refractivity contribution in [3.05, 3.63) is 143 Å². The fourth-order valence-electron chi connectivity index (χ4n) is 5.62. The number of nitrogens with zero attached hydrogens (tertiary/aromatic N) is 2. The first-order chi connectivity index (χ1) is 18.5. The van der Waals surface area contributed by atoms with Crippen LogP contribution in [-0.4, -0.2) is 27.6 Å². The molecular weight excluding hydrogens is 472 g/mol. The molecule has 6 nitrogen and oxygen atoms in total. The predicted octanol–water partition coefficient (Wildman–Crippen LogP) is 5.21. The van der Waals surface area contributed by atoms with E-state index in [4.69, 9.17) is 5.41 Å². The number of nitrogens with one attached hydrogen (secondary N) is 2. The van der Waals surface area contributed by atoms with Crippen molar-refractivity contribution in [3.8, 4) is 0 Å². The smallest absolute Gasteiger partial charge is 0.264 e. The van der Waals surface area contributed by atoms with Gasteiger partial charge in [0.2, 0.25) is 0 Å². The van der Waals surface area contributed by atoms with Gasteiger partial charge in [-0.2, -0.15) is 0 Å². The minimum Gasteiger partial charge on any atom is -0.334 e. The van der Waals surface area contributed by atoms with Gasteiger partial charge in [0.25, 0.3) is 11.8 Å². The third-order valence-corrected chi connectivity index (χ3v) is 7.63. The third kappa shape index (κ3) is 3.77. The maximum absolute atomic E-state index is 14.3. The first-order valence-corrected chi connectivity index (χ1v) is 12.8. The summed E-state index contributed by atoms with van der Waals surface area (Å²) in [6.07, 6.45) is 0. The SMILES string of the molecule is C[C@H](c1cccc(C(=O)N2Cc3ccccc3C2)c1)N1C(=N)NC(c2ccccc2)(c2ccccc2)C1=O. The second-order valence-corrected chi connectivity index (χ2v) is 9.86. The number of guanidine groups is 1. The molecule has 1 saturated heterocycles. The Morgan fingerprint density at radius 1 is 0.816 bits per heavy atom. The molecule has 0 saturated carbocycles. The minimum absolute atomic E-state index is 0.0296. The summed E-state index contributed by atoms with van der Waals surface area (Å²) < 4.78 is 0. The summed E-state index contributed by atoms with van der Waals surface area (Å²) in [6.45, 7) is 3.07. The molecule has 1 atom stereocenters. The topological polar surface area (TPSA) is 76.5 Å². The average Bonchev–Trinajstić information content (AvgIpc) is 3.52. The van der Waals surface area contributed by atoms with Crippen LogP contribution in [0.15, 0.2) is 109 Å². The maximum atomic E-state index is 14.3. The maximum Gasteiger partial charge on any atom is 0.264 e. The molecule has 4 aromatic carbocycles. The lowest BCUT2D eigenvalue weighted by atomic mass is 9.82. The molecule has 2 N–H and O–H groups in total. The number of carbonyl (C=O) groups is 2. The molecule has 2 amide bonds. The van der Waals surface area contributed by atoms with Crippen LogP contribution in [0.5, 0.6) is 0 Å². The first kappa shape index (κ1) is 23.7. The van der Waals surface area contributed by atoms with Crippen LogP contribution in [0.4, 0.5) is 0 Å². The Morgan fingerprint density at radius 3 is 1.95 bits per heavy atom. The number of hydrogen-bond acceptors (Lipinski definition) is 3. The Balaban J connectivity index is 1.32. The number of fused-ring (bicyclic) bond motifs is 1. The van der Waals surface area contributed by atoms with E-state index in [1.807, 2.05) is 109 Å². The molecule has 0 bridgehead atoms. The van der Waals surface area contributed by atoms with Gasteiger partial charge >= 0.3 is 0 Å². The second-order valence-electron chi connectivity index (χ2n) is 9.86. The van der Waals surface area contributed by atoms with E-state index in [0.29, 0.717) is 18.7 Å². The normalized spacial score (nSPS) is 16.8. The van der Waals surface area contributed by atoms with Crippen molar-refractivity contribution < 1.29 is 9.59 Å². The summed E-state index contributed by atoms with van der Waals surface area (Å²) in [5, 5.41) is 12.1. The molecule has 6 rings (SSSR count). The van der Waals surface area contributed by atoms with E-state index in [1.165, 1.54) is 16.0 Å². The fourth-order valence-corrected chi connectivity index (χ4v) is 5.62. The highest BCUT2D eigenvalue weighted by molar-refractivity contribution is 6.10. The van der Waals surface area contributed by atoms with Crippen molar-refractivity contribution in [2.45, 2.75) is 31.6 Å². The number of carbonyl (C=O) groups excluding carboxylic acids is 2. The van der Waals surface area contributed by atoms with Gasteiger partial charge in [-0.05, 0) is 46.9 Å². The number of rotatable bonds is 5. The molecular formula is C32H28N4O2. The molecule has 0 aliphatic carbocycles. The van der Waals surface area contributed by atoms with Crippen LogP contribution in [-0.2, 0) is 23.4 Å². The van der Waals surface area contributed by atoms with E-state index >= 15 is 0 Å². The van der Waals surface area contributed by atoms with Gasteiger partial charge in [-0.15, -0.1) is 0 Å². The van der Waals surface area contributed by atoms with Crippen LogP contribution in [0.2, 0.25) is 0 Å². The first-order valence-electron chi connectivity index (χ1n) is 12.8. The summed E-state index contributed by atoms with van der Waals surface area (Å²) in [7, 11) is 0. The van der Waals surface area contributed by atoms with Gasteiger partial charge in [0, 0.05) is 18.7 Å². The molecule has 0 unspecified atom stereocenters. The van der Waals surface area contributed by atoms with Crippen LogP contribution < -0.4 is 5.32 Å². The highest BCUT2D eigenvalue weighted by Gasteiger charge is 2.53. The quantitative estimate of drug-likeness (QED) is 0.395. The minimum atomic E-state index is -1.21. The average molecular weight is 501 g/mol. The van der Waals surface area contributed by atoms with Crippen LogP contribution in [0.3, 0.4) is 0 Å². The van der Waals surface area contributed by atoms with Crippen molar-refractivity contribution in [1.29, 1.82) is 5.41 Å². The van der Waals surface area contributed by atoms with E-state index in [0.717, 1.165) is 16.7 Å². The van der Waals surface area contributed by atoms with Crippen molar-refractivity contribution >= 4 is 17.8 Å². The molecule has 0 spiro atoms. The number of benzene rings is 4. The van der Waals surface area contributed by atoms with Crippen molar-refractivity contribution in [3.63, 3.8) is 0 Å². The molecule has 38 heavy (non-hydrogen) atoms. The fraction of sp³-hybridized carbons (Fsp3) is 0.156. The summed E-state index contributed by atoms with van der Waals surface area (Å²) in [4.78, 5) is 31.0. The summed E-state index contributed by atoms with van der Waals surface area (Å²) in [5.74, 6) is -0.236. The zero-order chi connectivity index (χ0) is 26.3. The Morgan fingerprint density at radius 2 is 1.37 bits per heavy atom. The lowest BCUT2D eigenvalue weighted by molar-refractivity contribution is -0.131. The molecule has 1 fully saturated rings. The zero-order valence-electron chi connectivity index (χ0n) is 21.1. The van der Waals surface area contributed by atoms with Gasteiger partial charge < -0.3 is 10.2 Å². The lowest BCUT2D eigenvalue weighted by Crippen LogP contribution is -2.45. The van der Waals surface area contributed by atoms with Crippen LogP contribution in [0.25, 0.3) is 0 Å². The molecule has 2 heterocycles. The highest BCUT2D eigenvalue weighted by atomic mass is 16.2. The standard InChI is InChI=1S/C32H28N4O2/c1-22(23-13-10-14-24(19-23)29(37)35-20-25-11-8-9-12-26(25)21-35)36-30(38)32(34-31(36)33,27-15-4-2-5-16-27)28-17-6-3-7-18-28/h2-19,22H,20-21H2,1H3,(H2,33,34)/t22-/m1/s1. The van der Waals surface area contributed by atoms with E-state index in [1.54, 1.807) is 0 Å². The zero-order valence-corrected chi connectivity index (χ0v) is 21.1. The van der Waals surface area contributed by atoms with Crippen molar-refractivity contribution in [2.75, 3.05) is 0 Å². The lowest BCUT2D eigenvalue weighted by Gasteiger charge is -2.29. The Kier molecular flexibility index (Phi) is 5.80. The number of hydrogen-bond donors (Lipinski definition) is 2. The Hall–Kier alpha value is -4.71. The monoisotopic (exact) mass is 500 g/mol. The summed E-state index contributed by atoms with van der Waals surface area (Å²) in [5.41, 5.74) is 4.05. The van der Waals surface area contributed by atoms with Gasteiger partial charge in [-0.25, -0.2) is 0 Å². The predicted molar refractivity (Wildman–Crippen MR) is 146 cm³/mol. The number of amides is 2. The molecule has 188 valence electrons. The van der Waals surface area contributed by atoms with Gasteiger partial charge in [-0.3, -0.25) is 19.9 Å². The largest absolute Gasteiger partial charge is 0.334 e. The summed E-state index contributed by atoms with van der Waals surface area (Å²) in [6, 6.07) is 34.1. The second kappa shape index (κ2) is 9.30. The van der Waals surface area contributed by atoms with E-state index < -0.39 is 11.6 Å². The van der Waals surface area contributed by atoms with Gasteiger partial charge in [-0.1, -0.05) is 97.1 Å². The summed E-state index contributed by atoms with van der Waals surface area (Å²) >= 11 is 0. The van der Waals surface area contributed by atoms with Crippen LogP contribution in [0, 0.1) is 5.41 Å². The highest BCUT2D eigenvalue weighted by Crippen LogP contribution is 2.39. The molecule has 2 aliphatic heterocycles. The molecule has 0 radical (unpaired) electrons. The van der Waals surface area contributed by atoms with Crippen molar-refractivity contribution in [1.82, 2.24) is 15.1 Å². The van der Waals surface area contributed by atoms with Gasteiger partial charge in [0.1, 0.15) is 0 Å². The van der Waals surface area contributed by atoms with Crippen molar-refractivity contribution in [2.24, 2.45) is 0 Å². The molecule has 6 heteroatoms. The molecule has 0 aromatic heterocycles. The molecule has 2 aliphatic rings. The van der Waals surface area contributed by atoms with Gasteiger partial charge in [0.15, 0.2) is 11.5 Å². The van der Waals surface area contributed by atoms with Crippen LogP contribution >= 0.6 is 0 Å². The third-order valence-electron chi connectivity index (χ3n) is 7.63. The van der Waals surface area contributed by atoms with Gasteiger partial charge in [0.05, 0.1) is 6.04 Å². The van der Waals surface area contributed by atoms with Crippen LogP contribution in [0.1, 0.15) is 51.1 Å². The Bertz CT molecular complexity index is 1470. The Labute approximate surface area is 222 Å².